The summed E-state index contributed by atoms with van der Waals surface area (Å²) in [5, 5.41) is 14.2. The summed E-state index contributed by atoms with van der Waals surface area (Å²) < 4.78 is 39.3. The van der Waals surface area contributed by atoms with Gasteiger partial charge in [-0.25, -0.2) is 4.79 Å². The zero-order chi connectivity index (χ0) is 21.8. The highest BCUT2D eigenvalue weighted by molar-refractivity contribution is 6.31. The van der Waals surface area contributed by atoms with Crippen LogP contribution in [0.15, 0.2) is 12.1 Å². The van der Waals surface area contributed by atoms with Gasteiger partial charge >= 0.3 is 12.2 Å². The van der Waals surface area contributed by atoms with Gasteiger partial charge in [0.25, 0.3) is 5.91 Å². The van der Waals surface area contributed by atoms with Crippen LogP contribution in [0.4, 0.5) is 18.0 Å². The smallest absolute Gasteiger partial charge is 0.396 e. The first kappa shape index (κ1) is 20.9. The van der Waals surface area contributed by atoms with Crippen LogP contribution in [-0.4, -0.2) is 40.0 Å². The second-order valence-corrected chi connectivity index (χ2v) is 8.44. The lowest BCUT2D eigenvalue weighted by Crippen LogP contribution is -2.52. The van der Waals surface area contributed by atoms with E-state index in [-0.39, 0.29) is 25.4 Å². The minimum atomic E-state index is -4.61. The van der Waals surface area contributed by atoms with Crippen molar-refractivity contribution >= 4 is 29.4 Å². The number of urea groups is 1. The number of nitrogens with one attached hydrogen (secondary N) is 2. The Morgan fingerprint density at radius 1 is 1.27 bits per heavy atom. The van der Waals surface area contributed by atoms with Crippen molar-refractivity contribution in [1.29, 1.82) is 0 Å². The lowest BCUT2D eigenvalue weighted by molar-refractivity contribution is -0.139. The first-order valence-electron chi connectivity index (χ1n) is 9.47. The molecule has 0 bridgehead atoms. The molecule has 4 amide bonds. The fourth-order valence-electron chi connectivity index (χ4n) is 4.35. The third-order valence-electron chi connectivity index (χ3n) is 6.01. The van der Waals surface area contributed by atoms with Gasteiger partial charge < -0.3 is 15.3 Å². The molecular weight excluding hydrogens is 427 g/mol. The Morgan fingerprint density at radius 2 is 1.90 bits per heavy atom. The molecule has 3 N–H and O–H groups in total. The van der Waals surface area contributed by atoms with E-state index >= 15 is 0 Å². The second kappa shape index (κ2) is 7.12. The molecule has 11 heteroatoms. The van der Waals surface area contributed by atoms with E-state index in [0.717, 1.165) is 6.07 Å². The Morgan fingerprint density at radius 3 is 2.40 bits per heavy atom. The van der Waals surface area contributed by atoms with Gasteiger partial charge in [-0.2, -0.15) is 13.2 Å². The molecular formula is C19H19ClF3N3O4. The van der Waals surface area contributed by atoms with Gasteiger partial charge in [0, 0.05) is 13.1 Å². The lowest BCUT2D eigenvalue weighted by Gasteiger charge is -2.31. The predicted molar refractivity (Wildman–Crippen MR) is 98.0 cm³/mol. The molecule has 30 heavy (non-hydrogen) atoms. The van der Waals surface area contributed by atoms with E-state index in [1.807, 2.05) is 0 Å². The molecule has 0 radical (unpaired) electrons. The molecule has 1 saturated carbocycles. The van der Waals surface area contributed by atoms with Crippen molar-refractivity contribution in [2.24, 2.45) is 11.8 Å². The van der Waals surface area contributed by atoms with Crippen LogP contribution < -0.4 is 10.6 Å². The Balaban J connectivity index is 1.53. The molecule has 0 aromatic heterocycles. The molecule has 162 valence electrons. The average Bonchev–Trinajstić information content (AvgIpc) is 3.36. The number of benzene rings is 1. The number of carbonyl (C=O) groups is 3. The summed E-state index contributed by atoms with van der Waals surface area (Å²) in [7, 11) is 0. The molecule has 1 aliphatic carbocycles. The fourth-order valence-corrected chi connectivity index (χ4v) is 4.64. The zero-order valence-corrected chi connectivity index (χ0v) is 16.4. The maximum absolute atomic E-state index is 13.1. The SMILES string of the molecule is O=C1NC(=O)[C@](CC(CO)C(=O)N2Cc3cc(Cl)c(C(F)(F)F)cc3C2)(C2CC2)N1. The standard InChI is InChI=1S/C19H19ClF3N3O4/c20-14-4-10-7-26(6-9(10)3-13(14)19(21,22)23)15(28)11(8-27)5-18(12-1-2-12)16(29)24-17(30)25-18/h3-4,11-12,27H,1-2,5-8H2,(H2,24,25,29,30)/t11?,18-/m0/s1. The van der Waals surface area contributed by atoms with Gasteiger partial charge in [-0.1, -0.05) is 11.6 Å². The summed E-state index contributed by atoms with van der Waals surface area (Å²) >= 11 is 5.76. The number of aliphatic hydroxyl groups excluding tert-OH is 1. The van der Waals surface area contributed by atoms with Crippen LogP contribution in [0.3, 0.4) is 0 Å². The Hall–Kier alpha value is -2.33. The van der Waals surface area contributed by atoms with Crippen molar-refractivity contribution in [1.82, 2.24) is 15.5 Å². The van der Waals surface area contributed by atoms with E-state index in [2.05, 4.69) is 10.6 Å². The highest BCUT2D eigenvalue weighted by Gasteiger charge is 2.57. The Labute approximate surface area is 174 Å². The summed E-state index contributed by atoms with van der Waals surface area (Å²) in [4.78, 5) is 38.5. The monoisotopic (exact) mass is 445 g/mol. The summed E-state index contributed by atoms with van der Waals surface area (Å²) in [6.07, 6.45) is -3.25. The summed E-state index contributed by atoms with van der Waals surface area (Å²) in [6, 6.07) is 1.51. The fraction of sp³-hybridized carbons (Fsp3) is 0.526. The number of carbonyl (C=O) groups excluding carboxylic acids is 3. The molecule has 1 unspecified atom stereocenters. The van der Waals surface area contributed by atoms with Gasteiger partial charge in [-0.15, -0.1) is 0 Å². The second-order valence-electron chi connectivity index (χ2n) is 8.03. The van der Waals surface area contributed by atoms with Gasteiger partial charge in [0.15, 0.2) is 0 Å². The van der Waals surface area contributed by atoms with E-state index in [4.69, 9.17) is 11.6 Å². The lowest BCUT2D eigenvalue weighted by atomic mass is 9.82. The molecule has 2 heterocycles. The number of rotatable bonds is 5. The zero-order valence-electron chi connectivity index (χ0n) is 15.7. The number of aliphatic hydroxyl groups is 1. The Bertz CT molecular complexity index is 934. The predicted octanol–water partition coefficient (Wildman–Crippen LogP) is 2.19. The molecule has 2 atom stereocenters. The van der Waals surface area contributed by atoms with E-state index in [1.165, 1.54) is 11.0 Å². The highest BCUT2D eigenvalue weighted by atomic mass is 35.5. The van der Waals surface area contributed by atoms with Crippen molar-refractivity contribution in [3.05, 3.63) is 33.8 Å². The van der Waals surface area contributed by atoms with Crippen LogP contribution in [0.25, 0.3) is 0 Å². The number of nitrogens with zero attached hydrogens (tertiary/aromatic N) is 1. The molecule has 4 rings (SSSR count). The largest absolute Gasteiger partial charge is 0.417 e. The van der Waals surface area contributed by atoms with Gasteiger partial charge in [-0.05, 0) is 48.4 Å². The van der Waals surface area contributed by atoms with Gasteiger partial charge in [0.2, 0.25) is 5.91 Å². The Kier molecular flexibility index (Phi) is 4.97. The van der Waals surface area contributed by atoms with Gasteiger partial charge in [0.1, 0.15) is 5.54 Å². The molecule has 3 aliphatic rings. The van der Waals surface area contributed by atoms with Crippen molar-refractivity contribution in [2.75, 3.05) is 6.61 Å². The number of halogens is 4. The minimum Gasteiger partial charge on any atom is -0.396 e. The third-order valence-corrected chi connectivity index (χ3v) is 6.32. The first-order chi connectivity index (χ1) is 14.0. The minimum absolute atomic E-state index is 0.0531. The molecule has 2 aliphatic heterocycles. The van der Waals surface area contributed by atoms with Crippen LogP contribution >= 0.6 is 11.6 Å². The number of alkyl halides is 3. The van der Waals surface area contributed by atoms with Crippen molar-refractivity contribution in [3.8, 4) is 0 Å². The maximum atomic E-state index is 13.1. The van der Waals surface area contributed by atoms with Crippen molar-refractivity contribution in [2.45, 2.75) is 44.1 Å². The van der Waals surface area contributed by atoms with E-state index in [0.29, 0.717) is 24.0 Å². The maximum Gasteiger partial charge on any atom is 0.417 e. The van der Waals surface area contributed by atoms with Crippen LogP contribution in [0, 0.1) is 11.8 Å². The molecule has 0 spiro atoms. The topological polar surface area (TPSA) is 98.7 Å². The molecule has 2 fully saturated rings. The molecule has 7 nitrogen and oxygen atoms in total. The van der Waals surface area contributed by atoms with Crippen molar-refractivity contribution in [3.63, 3.8) is 0 Å². The van der Waals surface area contributed by atoms with Gasteiger partial charge in [0.05, 0.1) is 23.1 Å². The highest BCUT2D eigenvalue weighted by Crippen LogP contribution is 2.45. The normalized spacial score (nSPS) is 24.5. The molecule has 1 saturated heterocycles. The quantitative estimate of drug-likeness (QED) is 0.605. The molecule has 1 aromatic carbocycles. The third kappa shape index (κ3) is 3.51. The van der Waals surface area contributed by atoms with Crippen LogP contribution in [-0.2, 0) is 28.9 Å². The number of hydrogen-bond donors (Lipinski definition) is 3. The van der Waals surface area contributed by atoms with Gasteiger partial charge in [-0.3, -0.25) is 14.9 Å². The van der Waals surface area contributed by atoms with E-state index in [1.54, 1.807) is 0 Å². The number of hydrogen-bond acceptors (Lipinski definition) is 4. The van der Waals surface area contributed by atoms with Crippen LogP contribution in [0.1, 0.15) is 36.0 Å². The van der Waals surface area contributed by atoms with Crippen molar-refractivity contribution < 1.29 is 32.7 Å². The number of imide groups is 1. The number of fused-ring (bicyclic) bond motifs is 1. The van der Waals surface area contributed by atoms with E-state index in [9.17, 15) is 32.7 Å². The summed E-state index contributed by atoms with van der Waals surface area (Å²) in [5.74, 6) is -2.11. The van der Waals surface area contributed by atoms with Crippen LogP contribution in [0.2, 0.25) is 5.02 Å². The summed E-state index contributed by atoms with van der Waals surface area (Å²) in [5.41, 5.74) is -1.38. The van der Waals surface area contributed by atoms with E-state index < -0.39 is 52.7 Å². The average molecular weight is 446 g/mol. The summed E-state index contributed by atoms with van der Waals surface area (Å²) in [6.45, 7) is -0.560. The first-order valence-corrected chi connectivity index (χ1v) is 9.84. The number of amides is 4. The van der Waals surface area contributed by atoms with Crippen LogP contribution in [0.5, 0.6) is 0 Å². The molecule has 1 aromatic rings.